The van der Waals surface area contributed by atoms with Crippen LogP contribution >= 0.6 is 11.8 Å². The first-order valence-corrected chi connectivity index (χ1v) is 5.91. The fraction of sp³-hybridized carbons (Fsp3) is 0.778. The average molecular weight is 233 g/mol. The van der Waals surface area contributed by atoms with Crippen LogP contribution in [0.5, 0.6) is 0 Å². The summed E-state index contributed by atoms with van der Waals surface area (Å²) in [7, 11) is 1.59. The molecule has 15 heavy (non-hydrogen) atoms. The summed E-state index contributed by atoms with van der Waals surface area (Å²) < 4.78 is 4.87. The van der Waals surface area contributed by atoms with Crippen LogP contribution in [0.4, 0.5) is 0 Å². The summed E-state index contributed by atoms with van der Waals surface area (Å²) in [4.78, 5) is 23.9. The summed E-state index contributed by atoms with van der Waals surface area (Å²) in [5.74, 6) is -0.145. The lowest BCUT2D eigenvalue weighted by Gasteiger charge is -2.32. The molecule has 1 heterocycles. The summed E-state index contributed by atoms with van der Waals surface area (Å²) in [5, 5.41) is 8.94. The molecule has 1 atom stereocenters. The molecule has 0 bridgehead atoms. The minimum atomic E-state index is -0.923. The highest BCUT2D eigenvalue weighted by Gasteiger charge is 2.32. The number of amides is 1. The maximum Gasteiger partial charge on any atom is 0.327 e. The molecule has 0 aromatic heterocycles. The Balaban J connectivity index is 2.52. The van der Waals surface area contributed by atoms with E-state index in [4.69, 9.17) is 9.84 Å². The number of carboxylic acid groups (broad SMARTS) is 1. The second-order valence-electron chi connectivity index (χ2n) is 3.30. The van der Waals surface area contributed by atoms with Gasteiger partial charge in [0.05, 0.1) is 5.75 Å². The topological polar surface area (TPSA) is 66.8 Å². The number of nitrogens with zero attached hydrogens (tertiary/aromatic N) is 1. The van der Waals surface area contributed by atoms with Crippen LogP contribution in [0.3, 0.4) is 0 Å². The highest BCUT2D eigenvalue weighted by Crippen LogP contribution is 2.18. The van der Waals surface area contributed by atoms with Gasteiger partial charge in [-0.15, -0.1) is 11.8 Å². The number of rotatable bonds is 5. The molecule has 0 aromatic rings. The molecular formula is C9H15NO4S. The average Bonchev–Trinajstić information content (AvgIpc) is 2.20. The Hall–Kier alpha value is -0.750. The Labute approximate surface area is 92.8 Å². The van der Waals surface area contributed by atoms with E-state index in [1.807, 2.05) is 0 Å². The van der Waals surface area contributed by atoms with Gasteiger partial charge in [0.15, 0.2) is 0 Å². The maximum atomic E-state index is 11.5. The molecule has 5 nitrogen and oxygen atoms in total. The number of ether oxygens (including phenoxy) is 1. The van der Waals surface area contributed by atoms with Gasteiger partial charge < -0.3 is 14.7 Å². The lowest BCUT2D eigenvalue weighted by molar-refractivity contribution is -0.148. The van der Waals surface area contributed by atoms with E-state index in [0.717, 1.165) is 0 Å². The largest absolute Gasteiger partial charge is 0.480 e. The minimum absolute atomic E-state index is 0.0882. The van der Waals surface area contributed by atoms with Crippen molar-refractivity contribution in [3.8, 4) is 0 Å². The summed E-state index contributed by atoms with van der Waals surface area (Å²) >= 11 is 1.38. The first kappa shape index (κ1) is 12.3. The third kappa shape index (κ3) is 3.39. The summed E-state index contributed by atoms with van der Waals surface area (Å²) in [5.41, 5.74) is 0. The second-order valence-corrected chi connectivity index (χ2v) is 4.33. The van der Waals surface area contributed by atoms with Crippen molar-refractivity contribution in [2.45, 2.75) is 12.5 Å². The van der Waals surface area contributed by atoms with Gasteiger partial charge in [-0.25, -0.2) is 4.79 Å². The van der Waals surface area contributed by atoms with E-state index in [1.54, 1.807) is 7.11 Å². The van der Waals surface area contributed by atoms with Gasteiger partial charge in [-0.2, -0.15) is 0 Å². The molecular weight excluding hydrogens is 218 g/mol. The number of carbonyl (C=O) groups is 2. The molecule has 1 aliphatic rings. The van der Waals surface area contributed by atoms with Crippen molar-refractivity contribution in [2.75, 3.05) is 31.8 Å². The molecule has 0 spiro atoms. The number of methoxy groups -OCH3 is 1. The standard InChI is InChI=1S/C9H15NO4S/c1-14-4-2-3-10-7(9(12)13)5-15-6-8(10)11/h7H,2-6H2,1H3,(H,12,13). The molecule has 6 heteroatoms. The highest BCUT2D eigenvalue weighted by atomic mass is 32.2. The molecule has 0 aromatic carbocycles. The van der Waals surface area contributed by atoms with Crippen LogP contribution in [0.2, 0.25) is 0 Å². The maximum absolute atomic E-state index is 11.5. The van der Waals surface area contributed by atoms with Crippen LogP contribution in [0.25, 0.3) is 0 Å². The van der Waals surface area contributed by atoms with Crippen molar-refractivity contribution in [2.24, 2.45) is 0 Å². The SMILES string of the molecule is COCCCN1C(=O)CSCC1C(=O)O. The highest BCUT2D eigenvalue weighted by molar-refractivity contribution is 8.00. The second kappa shape index (κ2) is 5.97. The first-order valence-electron chi connectivity index (χ1n) is 4.75. The van der Waals surface area contributed by atoms with Gasteiger partial charge in [0.25, 0.3) is 0 Å². The van der Waals surface area contributed by atoms with Gasteiger partial charge in [-0.05, 0) is 6.42 Å². The Morgan fingerprint density at radius 1 is 1.73 bits per heavy atom. The van der Waals surface area contributed by atoms with Crippen molar-refractivity contribution >= 4 is 23.6 Å². The van der Waals surface area contributed by atoms with Gasteiger partial charge in [0, 0.05) is 26.0 Å². The molecule has 1 aliphatic heterocycles. The lowest BCUT2D eigenvalue weighted by atomic mass is 10.2. The number of carbonyl (C=O) groups excluding carboxylic acids is 1. The van der Waals surface area contributed by atoms with Crippen LogP contribution in [0.15, 0.2) is 0 Å². The summed E-state index contributed by atoms with van der Waals surface area (Å²) in [6.07, 6.45) is 0.677. The third-order valence-electron chi connectivity index (χ3n) is 2.23. The van der Waals surface area contributed by atoms with E-state index in [-0.39, 0.29) is 5.91 Å². The number of aliphatic carboxylic acids is 1. The summed E-state index contributed by atoms with van der Waals surface area (Å²) in [6, 6.07) is -0.673. The molecule has 0 aliphatic carbocycles. The monoisotopic (exact) mass is 233 g/mol. The predicted molar refractivity (Wildman–Crippen MR) is 57.0 cm³/mol. The zero-order chi connectivity index (χ0) is 11.3. The Bertz CT molecular complexity index is 246. The zero-order valence-corrected chi connectivity index (χ0v) is 9.46. The van der Waals surface area contributed by atoms with Crippen LogP contribution in [-0.2, 0) is 14.3 Å². The first-order chi connectivity index (χ1) is 7.16. The van der Waals surface area contributed by atoms with Crippen molar-refractivity contribution in [1.82, 2.24) is 4.90 Å². The fourth-order valence-corrected chi connectivity index (χ4v) is 2.47. The van der Waals surface area contributed by atoms with E-state index in [0.29, 0.717) is 31.1 Å². The van der Waals surface area contributed by atoms with Gasteiger partial charge in [-0.3, -0.25) is 4.79 Å². The Morgan fingerprint density at radius 3 is 3.07 bits per heavy atom. The number of hydrogen-bond donors (Lipinski definition) is 1. The van der Waals surface area contributed by atoms with Gasteiger partial charge in [0.1, 0.15) is 6.04 Å². The van der Waals surface area contributed by atoms with Gasteiger partial charge in [-0.1, -0.05) is 0 Å². The molecule has 1 N–H and O–H groups in total. The van der Waals surface area contributed by atoms with Crippen LogP contribution in [0.1, 0.15) is 6.42 Å². The molecule has 1 unspecified atom stereocenters. The van der Waals surface area contributed by atoms with Crippen LogP contribution < -0.4 is 0 Å². The van der Waals surface area contributed by atoms with Crippen molar-refractivity contribution in [1.29, 1.82) is 0 Å². The number of thioether (sulfide) groups is 1. The van der Waals surface area contributed by atoms with Crippen molar-refractivity contribution in [3.63, 3.8) is 0 Å². The quantitative estimate of drug-likeness (QED) is 0.680. The molecule has 86 valence electrons. The number of carboxylic acids is 1. The molecule has 0 radical (unpaired) electrons. The van der Waals surface area contributed by atoms with Crippen molar-refractivity contribution in [3.05, 3.63) is 0 Å². The fourth-order valence-electron chi connectivity index (χ4n) is 1.47. The molecule has 1 rings (SSSR count). The Morgan fingerprint density at radius 2 is 2.47 bits per heavy atom. The number of hydrogen-bond acceptors (Lipinski definition) is 4. The van der Waals surface area contributed by atoms with Gasteiger partial charge >= 0.3 is 5.97 Å². The summed E-state index contributed by atoms with van der Waals surface area (Å²) in [6.45, 7) is 1.01. The van der Waals surface area contributed by atoms with Crippen LogP contribution in [-0.4, -0.2) is 59.7 Å². The molecule has 0 saturated carbocycles. The smallest absolute Gasteiger partial charge is 0.327 e. The minimum Gasteiger partial charge on any atom is -0.480 e. The molecule has 1 saturated heterocycles. The zero-order valence-electron chi connectivity index (χ0n) is 8.64. The van der Waals surface area contributed by atoms with E-state index in [9.17, 15) is 9.59 Å². The third-order valence-corrected chi connectivity index (χ3v) is 3.23. The molecule has 1 fully saturated rings. The van der Waals surface area contributed by atoms with E-state index in [2.05, 4.69) is 0 Å². The molecule has 1 amide bonds. The predicted octanol–water partition coefficient (Wildman–Crippen LogP) is 0.0515. The Kier molecular flexibility index (Phi) is 4.90. The van der Waals surface area contributed by atoms with E-state index >= 15 is 0 Å². The van der Waals surface area contributed by atoms with E-state index in [1.165, 1.54) is 16.7 Å². The van der Waals surface area contributed by atoms with Crippen molar-refractivity contribution < 1.29 is 19.4 Å². The lowest BCUT2D eigenvalue weighted by Crippen LogP contribution is -2.51. The van der Waals surface area contributed by atoms with E-state index < -0.39 is 12.0 Å². The normalized spacial score (nSPS) is 21.8. The van der Waals surface area contributed by atoms with Crippen LogP contribution in [0, 0.1) is 0 Å². The van der Waals surface area contributed by atoms with Gasteiger partial charge in [0.2, 0.25) is 5.91 Å².